The van der Waals surface area contributed by atoms with Crippen molar-refractivity contribution in [1.29, 1.82) is 0 Å². The molecule has 0 spiro atoms. The number of imide groups is 1. The SMILES string of the molecule is C[C@@]1(CCc2ccccc2)NC(=O)N(CC(=O)OCC(=O)NC2CCCCC2)C1=O. The summed E-state index contributed by atoms with van der Waals surface area (Å²) in [7, 11) is 0. The Morgan fingerprint density at radius 2 is 1.87 bits per heavy atom. The van der Waals surface area contributed by atoms with Gasteiger partial charge in [-0.3, -0.25) is 19.3 Å². The summed E-state index contributed by atoms with van der Waals surface area (Å²) in [6, 6.07) is 9.16. The van der Waals surface area contributed by atoms with Crippen LogP contribution in [0.3, 0.4) is 0 Å². The maximum atomic E-state index is 12.8. The number of ether oxygens (including phenoxy) is 1. The normalized spacial score (nSPS) is 22.0. The number of hydrogen-bond acceptors (Lipinski definition) is 5. The van der Waals surface area contributed by atoms with Gasteiger partial charge in [0.1, 0.15) is 12.1 Å². The third-order valence-electron chi connectivity index (χ3n) is 5.72. The fourth-order valence-electron chi connectivity index (χ4n) is 3.94. The summed E-state index contributed by atoms with van der Waals surface area (Å²) in [5, 5.41) is 5.53. The zero-order valence-corrected chi connectivity index (χ0v) is 17.3. The number of rotatable bonds is 8. The fourth-order valence-corrected chi connectivity index (χ4v) is 3.94. The van der Waals surface area contributed by atoms with Gasteiger partial charge in [-0.05, 0) is 38.2 Å². The van der Waals surface area contributed by atoms with Crippen LogP contribution in [0.15, 0.2) is 30.3 Å². The van der Waals surface area contributed by atoms with Crippen LogP contribution in [0.1, 0.15) is 51.0 Å². The summed E-state index contributed by atoms with van der Waals surface area (Å²) in [5.74, 6) is -1.61. The predicted molar refractivity (Wildman–Crippen MR) is 109 cm³/mol. The molecule has 8 heteroatoms. The van der Waals surface area contributed by atoms with Gasteiger partial charge in [-0.25, -0.2) is 4.79 Å². The lowest BCUT2D eigenvalue weighted by Crippen LogP contribution is -2.45. The zero-order valence-electron chi connectivity index (χ0n) is 17.3. The molecular weight excluding hydrogens is 386 g/mol. The van der Waals surface area contributed by atoms with Crippen molar-refractivity contribution in [2.24, 2.45) is 0 Å². The molecule has 0 aromatic heterocycles. The minimum atomic E-state index is -1.08. The summed E-state index contributed by atoms with van der Waals surface area (Å²) in [5.41, 5.74) is -0.0198. The average Bonchev–Trinajstić information content (AvgIpc) is 2.96. The van der Waals surface area contributed by atoms with Crippen LogP contribution in [0.25, 0.3) is 0 Å². The molecule has 1 saturated carbocycles. The number of amides is 4. The van der Waals surface area contributed by atoms with E-state index in [1.165, 1.54) is 6.42 Å². The van der Waals surface area contributed by atoms with E-state index < -0.39 is 36.6 Å². The molecule has 8 nitrogen and oxygen atoms in total. The molecule has 1 saturated heterocycles. The Bertz CT molecular complexity index is 791. The lowest BCUT2D eigenvalue weighted by atomic mass is 9.93. The monoisotopic (exact) mass is 415 g/mol. The highest BCUT2D eigenvalue weighted by Gasteiger charge is 2.48. The Morgan fingerprint density at radius 3 is 2.57 bits per heavy atom. The Hall–Kier alpha value is -2.90. The van der Waals surface area contributed by atoms with E-state index in [1.807, 2.05) is 30.3 Å². The number of benzene rings is 1. The van der Waals surface area contributed by atoms with Crippen molar-refractivity contribution in [3.05, 3.63) is 35.9 Å². The highest BCUT2D eigenvalue weighted by molar-refractivity contribution is 6.08. The molecule has 4 amide bonds. The Kier molecular flexibility index (Phi) is 7.07. The van der Waals surface area contributed by atoms with Crippen molar-refractivity contribution in [3.63, 3.8) is 0 Å². The first-order valence-corrected chi connectivity index (χ1v) is 10.5. The molecule has 30 heavy (non-hydrogen) atoms. The molecule has 1 aromatic carbocycles. The van der Waals surface area contributed by atoms with Gasteiger partial charge in [0, 0.05) is 6.04 Å². The number of aryl methyl sites for hydroxylation is 1. The molecule has 2 aliphatic rings. The third-order valence-corrected chi connectivity index (χ3v) is 5.72. The Morgan fingerprint density at radius 1 is 1.17 bits per heavy atom. The van der Waals surface area contributed by atoms with E-state index in [4.69, 9.17) is 4.74 Å². The molecule has 2 N–H and O–H groups in total. The summed E-state index contributed by atoms with van der Waals surface area (Å²) < 4.78 is 4.98. The third kappa shape index (κ3) is 5.58. The number of carbonyl (C=O) groups is 4. The number of nitrogens with one attached hydrogen (secondary N) is 2. The molecule has 162 valence electrons. The molecular formula is C22H29N3O5. The van der Waals surface area contributed by atoms with Crippen molar-refractivity contribution in [2.45, 2.75) is 63.5 Å². The molecule has 3 rings (SSSR count). The van der Waals surface area contributed by atoms with Crippen LogP contribution in [0.4, 0.5) is 4.79 Å². The second-order valence-electron chi connectivity index (χ2n) is 8.20. The van der Waals surface area contributed by atoms with Crippen molar-refractivity contribution in [3.8, 4) is 0 Å². The van der Waals surface area contributed by atoms with E-state index in [2.05, 4.69) is 10.6 Å². The average molecular weight is 415 g/mol. The van der Waals surface area contributed by atoms with E-state index in [-0.39, 0.29) is 11.9 Å². The van der Waals surface area contributed by atoms with Gasteiger partial charge in [-0.2, -0.15) is 0 Å². The van der Waals surface area contributed by atoms with Gasteiger partial charge >= 0.3 is 12.0 Å². The van der Waals surface area contributed by atoms with Crippen LogP contribution in [0.5, 0.6) is 0 Å². The van der Waals surface area contributed by atoms with Crippen molar-refractivity contribution < 1.29 is 23.9 Å². The minimum absolute atomic E-state index is 0.126. The summed E-state index contributed by atoms with van der Waals surface area (Å²) in [6.07, 6.45) is 6.24. The van der Waals surface area contributed by atoms with Crippen LogP contribution in [-0.2, 0) is 25.5 Å². The molecule has 1 aromatic rings. The maximum Gasteiger partial charge on any atom is 0.326 e. The van der Waals surface area contributed by atoms with Crippen LogP contribution < -0.4 is 10.6 Å². The van der Waals surface area contributed by atoms with Gasteiger partial charge in [-0.1, -0.05) is 49.6 Å². The predicted octanol–water partition coefficient (Wildman–Crippen LogP) is 1.92. The highest BCUT2D eigenvalue weighted by atomic mass is 16.5. The molecule has 1 heterocycles. The Labute approximate surface area is 176 Å². The van der Waals surface area contributed by atoms with Gasteiger partial charge in [0.2, 0.25) is 0 Å². The van der Waals surface area contributed by atoms with Crippen LogP contribution in [0.2, 0.25) is 0 Å². The van der Waals surface area contributed by atoms with E-state index >= 15 is 0 Å². The molecule has 0 unspecified atom stereocenters. The first-order chi connectivity index (χ1) is 14.4. The van der Waals surface area contributed by atoms with Gasteiger partial charge in [-0.15, -0.1) is 0 Å². The highest BCUT2D eigenvalue weighted by Crippen LogP contribution is 2.23. The van der Waals surface area contributed by atoms with Crippen LogP contribution >= 0.6 is 0 Å². The standard InChI is InChI=1S/C22H29N3O5/c1-22(13-12-16-8-4-2-5-9-16)20(28)25(21(29)24-22)14-19(27)30-15-18(26)23-17-10-6-3-7-11-17/h2,4-5,8-9,17H,3,6-7,10-15H2,1H3,(H,23,26)(H,24,29)/t22-/m0/s1. The Balaban J connectivity index is 1.45. The quantitative estimate of drug-likeness (QED) is 0.499. The first-order valence-electron chi connectivity index (χ1n) is 10.5. The van der Waals surface area contributed by atoms with Gasteiger partial charge in [0.05, 0.1) is 0 Å². The molecule has 1 aliphatic carbocycles. The van der Waals surface area contributed by atoms with Gasteiger partial charge in [0.15, 0.2) is 6.61 Å². The minimum Gasteiger partial charge on any atom is -0.454 e. The van der Waals surface area contributed by atoms with E-state index in [0.717, 1.165) is 36.1 Å². The van der Waals surface area contributed by atoms with Gasteiger partial charge in [0.25, 0.3) is 11.8 Å². The summed E-state index contributed by atoms with van der Waals surface area (Å²) in [4.78, 5) is 49.9. The van der Waals surface area contributed by atoms with Gasteiger partial charge < -0.3 is 15.4 Å². The van der Waals surface area contributed by atoms with Crippen molar-refractivity contribution in [2.75, 3.05) is 13.2 Å². The maximum absolute atomic E-state index is 12.8. The second kappa shape index (κ2) is 9.73. The zero-order chi connectivity index (χ0) is 21.6. The molecule has 0 radical (unpaired) electrons. The lowest BCUT2D eigenvalue weighted by Gasteiger charge is -2.22. The van der Waals surface area contributed by atoms with E-state index in [1.54, 1.807) is 6.92 Å². The number of urea groups is 1. The molecule has 1 aliphatic heterocycles. The van der Waals surface area contributed by atoms with Crippen molar-refractivity contribution >= 4 is 23.8 Å². The summed E-state index contributed by atoms with van der Waals surface area (Å²) >= 11 is 0. The van der Waals surface area contributed by atoms with Crippen LogP contribution in [-0.4, -0.2) is 53.4 Å². The second-order valence-corrected chi connectivity index (χ2v) is 8.20. The molecule has 2 fully saturated rings. The molecule has 1 atom stereocenters. The summed E-state index contributed by atoms with van der Waals surface area (Å²) in [6.45, 7) is 0.728. The smallest absolute Gasteiger partial charge is 0.326 e. The van der Waals surface area contributed by atoms with Crippen molar-refractivity contribution in [1.82, 2.24) is 15.5 Å². The lowest BCUT2D eigenvalue weighted by molar-refractivity contribution is -0.151. The molecule has 0 bridgehead atoms. The van der Waals surface area contributed by atoms with Crippen LogP contribution in [0, 0.1) is 0 Å². The van der Waals surface area contributed by atoms with E-state index in [0.29, 0.717) is 12.8 Å². The first kappa shape index (κ1) is 21.8. The number of carbonyl (C=O) groups excluding carboxylic acids is 4. The number of nitrogens with zero attached hydrogens (tertiary/aromatic N) is 1. The number of esters is 1. The largest absolute Gasteiger partial charge is 0.454 e. The topological polar surface area (TPSA) is 105 Å². The number of hydrogen-bond donors (Lipinski definition) is 2. The fraction of sp³-hybridized carbons (Fsp3) is 0.545. The van der Waals surface area contributed by atoms with E-state index in [9.17, 15) is 19.2 Å².